The number of halogens is 2. The minimum Gasteiger partial charge on any atom is -0.493 e. The Kier molecular flexibility index (Phi) is 8.98. The van der Waals surface area contributed by atoms with Crippen LogP contribution in [0.25, 0.3) is 0 Å². The molecule has 132 valence electrons. The molecule has 0 bridgehead atoms. The Labute approximate surface area is 155 Å². The maximum atomic E-state index is 6.04. The molecule has 0 aliphatic rings. The van der Waals surface area contributed by atoms with Crippen molar-refractivity contribution in [3.8, 4) is 11.5 Å². The number of hydrogen-bond donors (Lipinski definition) is 1. The molecular formula is C19H25Cl2NO2. The van der Waals surface area contributed by atoms with Gasteiger partial charge in [0.05, 0.1) is 7.11 Å². The fourth-order valence-corrected chi connectivity index (χ4v) is 2.32. The molecule has 1 unspecified atom stereocenters. The van der Waals surface area contributed by atoms with E-state index in [-0.39, 0.29) is 12.4 Å². The van der Waals surface area contributed by atoms with Crippen LogP contribution in [0.4, 0.5) is 0 Å². The van der Waals surface area contributed by atoms with Gasteiger partial charge in [-0.05, 0) is 37.1 Å². The zero-order chi connectivity index (χ0) is 16.7. The molecule has 0 amide bonds. The predicted molar refractivity (Wildman–Crippen MR) is 103 cm³/mol. The van der Waals surface area contributed by atoms with Gasteiger partial charge in [0.1, 0.15) is 6.61 Å². The number of rotatable bonds is 8. The highest BCUT2D eigenvalue weighted by Gasteiger charge is 2.11. The second-order valence-corrected chi connectivity index (χ2v) is 5.99. The van der Waals surface area contributed by atoms with E-state index in [9.17, 15) is 0 Å². The standard InChI is InChI=1S/C19H24ClNO2.ClH/c1-4-14(2)21-12-16-6-5-7-18(22-3)19(16)23-13-15-8-10-17(20)11-9-15;/h5-11,14,21H,4,12-13H2,1-3H3;1H. The van der Waals surface area contributed by atoms with Crippen LogP contribution in [0, 0.1) is 0 Å². The van der Waals surface area contributed by atoms with Crippen molar-refractivity contribution in [1.29, 1.82) is 0 Å². The van der Waals surface area contributed by atoms with E-state index in [2.05, 4.69) is 25.2 Å². The van der Waals surface area contributed by atoms with Gasteiger partial charge in [-0.15, -0.1) is 12.4 Å². The molecule has 0 saturated carbocycles. The van der Waals surface area contributed by atoms with E-state index in [0.717, 1.165) is 40.6 Å². The Hall–Kier alpha value is -1.42. The highest BCUT2D eigenvalue weighted by molar-refractivity contribution is 6.30. The van der Waals surface area contributed by atoms with Gasteiger partial charge in [0, 0.05) is 23.2 Å². The van der Waals surface area contributed by atoms with Crippen LogP contribution in [0.3, 0.4) is 0 Å². The monoisotopic (exact) mass is 369 g/mol. The highest BCUT2D eigenvalue weighted by atomic mass is 35.5. The molecule has 0 fully saturated rings. The van der Waals surface area contributed by atoms with E-state index in [1.54, 1.807) is 7.11 Å². The van der Waals surface area contributed by atoms with Gasteiger partial charge in [0.2, 0.25) is 0 Å². The molecule has 5 heteroatoms. The quantitative estimate of drug-likeness (QED) is 0.690. The third-order valence-corrected chi connectivity index (χ3v) is 4.08. The first kappa shape index (κ1) is 20.6. The first-order valence-corrected chi connectivity index (χ1v) is 8.28. The summed E-state index contributed by atoms with van der Waals surface area (Å²) in [6.07, 6.45) is 1.09. The second kappa shape index (κ2) is 10.4. The summed E-state index contributed by atoms with van der Waals surface area (Å²) in [6.45, 7) is 5.58. The van der Waals surface area contributed by atoms with Crippen molar-refractivity contribution in [3.05, 3.63) is 58.6 Å². The number of para-hydroxylation sites is 1. The van der Waals surface area contributed by atoms with Crippen molar-refractivity contribution in [2.24, 2.45) is 0 Å². The molecule has 0 aliphatic carbocycles. The van der Waals surface area contributed by atoms with Gasteiger partial charge in [-0.3, -0.25) is 0 Å². The highest BCUT2D eigenvalue weighted by Crippen LogP contribution is 2.32. The lowest BCUT2D eigenvalue weighted by Gasteiger charge is -2.17. The fraction of sp³-hybridized carbons (Fsp3) is 0.368. The lowest BCUT2D eigenvalue weighted by atomic mass is 10.1. The Morgan fingerprint density at radius 2 is 1.83 bits per heavy atom. The molecule has 0 spiro atoms. The number of nitrogens with one attached hydrogen (secondary N) is 1. The van der Waals surface area contributed by atoms with Gasteiger partial charge in [-0.2, -0.15) is 0 Å². The Bertz CT molecular complexity index is 617. The van der Waals surface area contributed by atoms with Crippen LogP contribution < -0.4 is 14.8 Å². The van der Waals surface area contributed by atoms with Crippen LogP contribution in [0.2, 0.25) is 5.02 Å². The van der Waals surface area contributed by atoms with Crippen molar-refractivity contribution < 1.29 is 9.47 Å². The molecule has 1 atom stereocenters. The smallest absolute Gasteiger partial charge is 0.166 e. The van der Waals surface area contributed by atoms with Gasteiger partial charge in [-0.1, -0.05) is 42.8 Å². The predicted octanol–water partition coefficient (Wildman–Crippen LogP) is 5.24. The lowest BCUT2D eigenvalue weighted by Crippen LogP contribution is -2.24. The maximum absolute atomic E-state index is 6.04. The van der Waals surface area contributed by atoms with Crippen LogP contribution in [-0.4, -0.2) is 13.2 Å². The molecule has 0 radical (unpaired) electrons. The Morgan fingerprint density at radius 1 is 1.12 bits per heavy atom. The van der Waals surface area contributed by atoms with Gasteiger partial charge in [0.15, 0.2) is 11.5 Å². The van der Waals surface area contributed by atoms with Gasteiger partial charge in [-0.25, -0.2) is 0 Å². The van der Waals surface area contributed by atoms with Crippen molar-refractivity contribution in [1.82, 2.24) is 5.32 Å². The lowest BCUT2D eigenvalue weighted by molar-refractivity contribution is 0.280. The molecule has 0 heterocycles. The number of hydrogen-bond acceptors (Lipinski definition) is 3. The van der Waals surface area contributed by atoms with Crippen molar-refractivity contribution in [2.45, 2.75) is 39.5 Å². The van der Waals surface area contributed by atoms with Crippen LogP contribution in [0.15, 0.2) is 42.5 Å². The van der Waals surface area contributed by atoms with E-state index in [1.165, 1.54) is 0 Å². The maximum Gasteiger partial charge on any atom is 0.166 e. The molecule has 0 saturated heterocycles. The van der Waals surface area contributed by atoms with Crippen LogP contribution >= 0.6 is 24.0 Å². The summed E-state index contributed by atoms with van der Waals surface area (Å²) >= 11 is 5.92. The van der Waals surface area contributed by atoms with Gasteiger partial charge >= 0.3 is 0 Å². The van der Waals surface area contributed by atoms with Crippen LogP contribution in [-0.2, 0) is 13.2 Å². The molecule has 0 aromatic heterocycles. The van der Waals surface area contributed by atoms with Crippen molar-refractivity contribution in [3.63, 3.8) is 0 Å². The molecular weight excluding hydrogens is 345 g/mol. The molecule has 24 heavy (non-hydrogen) atoms. The SMILES string of the molecule is CCC(C)NCc1cccc(OC)c1OCc1ccc(Cl)cc1.Cl. The van der Waals surface area contributed by atoms with E-state index in [4.69, 9.17) is 21.1 Å². The Morgan fingerprint density at radius 3 is 2.46 bits per heavy atom. The summed E-state index contributed by atoms with van der Waals surface area (Å²) in [7, 11) is 1.66. The zero-order valence-electron chi connectivity index (χ0n) is 14.3. The third-order valence-electron chi connectivity index (χ3n) is 3.83. The van der Waals surface area contributed by atoms with E-state index in [1.807, 2.05) is 36.4 Å². The van der Waals surface area contributed by atoms with Gasteiger partial charge in [0.25, 0.3) is 0 Å². The summed E-state index contributed by atoms with van der Waals surface area (Å²) in [4.78, 5) is 0. The van der Waals surface area contributed by atoms with E-state index in [0.29, 0.717) is 12.6 Å². The van der Waals surface area contributed by atoms with Crippen molar-refractivity contribution in [2.75, 3.05) is 7.11 Å². The molecule has 2 aromatic carbocycles. The molecule has 2 rings (SSSR count). The minimum absolute atomic E-state index is 0. The summed E-state index contributed by atoms with van der Waals surface area (Å²) in [5, 5.41) is 4.22. The van der Waals surface area contributed by atoms with Gasteiger partial charge < -0.3 is 14.8 Å². The number of ether oxygens (including phenoxy) is 2. The zero-order valence-corrected chi connectivity index (χ0v) is 15.9. The normalized spacial score (nSPS) is 11.5. The summed E-state index contributed by atoms with van der Waals surface area (Å²) < 4.78 is 11.5. The largest absolute Gasteiger partial charge is 0.493 e. The molecule has 3 nitrogen and oxygen atoms in total. The molecule has 1 N–H and O–H groups in total. The fourth-order valence-electron chi connectivity index (χ4n) is 2.19. The molecule has 2 aromatic rings. The number of methoxy groups -OCH3 is 1. The minimum atomic E-state index is 0. The van der Waals surface area contributed by atoms with Crippen LogP contribution in [0.1, 0.15) is 31.4 Å². The van der Waals surface area contributed by atoms with E-state index >= 15 is 0 Å². The summed E-state index contributed by atoms with van der Waals surface area (Å²) in [5.74, 6) is 1.54. The summed E-state index contributed by atoms with van der Waals surface area (Å²) in [5.41, 5.74) is 2.17. The first-order valence-electron chi connectivity index (χ1n) is 7.90. The summed E-state index contributed by atoms with van der Waals surface area (Å²) in [6, 6.07) is 14.1. The van der Waals surface area contributed by atoms with Crippen LogP contribution in [0.5, 0.6) is 11.5 Å². The number of benzene rings is 2. The Balaban J connectivity index is 0.00000288. The average Bonchev–Trinajstić information content (AvgIpc) is 2.59. The topological polar surface area (TPSA) is 30.5 Å². The first-order chi connectivity index (χ1) is 11.1. The second-order valence-electron chi connectivity index (χ2n) is 5.55. The van der Waals surface area contributed by atoms with Crippen molar-refractivity contribution >= 4 is 24.0 Å². The van der Waals surface area contributed by atoms with E-state index < -0.39 is 0 Å². The third kappa shape index (κ3) is 5.90. The molecule has 0 aliphatic heterocycles. The average molecular weight is 370 g/mol.